The van der Waals surface area contributed by atoms with E-state index in [1.54, 1.807) is 67.6 Å². The number of halogens is 6. The van der Waals surface area contributed by atoms with Crippen molar-refractivity contribution in [3.05, 3.63) is 192 Å². The third-order valence-corrected chi connectivity index (χ3v) is 19.9. The number of carbonyl (C=O) groups excluding carboxylic acids is 5. The molecule has 13 rings (SSSR count). The number of piperazine rings is 3. The molecule has 31 heteroatoms. The van der Waals surface area contributed by atoms with Crippen LogP contribution >= 0.6 is 46.4 Å². The monoisotopic (exact) mass is 1440 g/mol. The van der Waals surface area contributed by atoms with Gasteiger partial charge in [0, 0.05) is 125 Å². The number of nitrogens with one attached hydrogen (secondary N) is 2. The van der Waals surface area contributed by atoms with Gasteiger partial charge in [0.15, 0.2) is 17.3 Å². The summed E-state index contributed by atoms with van der Waals surface area (Å²) in [5, 5.41) is 20.4. The molecule has 2 aromatic heterocycles. The van der Waals surface area contributed by atoms with E-state index in [1.165, 1.54) is 50.1 Å². The van der Waals surface area contributed by atoms with Crippen LogP contribution in [0.3, 0.4) is 0 Å². The van der Waals surface area contributed by atoms with E-state index < -0.39 is 35.7 Å². The maximum atomic E-state index is 14.2. The Bertz CT molecular complexity index is 4200. The van der Waals surface area contributed by atoms with Gasteiger partial charge in [0.1, 0.15) is 11.9 Å². The van der Waals surface area contributed by atoms with Crippen molar-refractivity contribution in [2.75, 3.05) is 106 Å². The van der Waals surface area contributed by atoms with E-state index in [2.05, 4.69) is 52.3 Å². The Morgan fingerprint density at radius 3 is 1.30 bits per heavy atom. The maximum absolute atomic E-state index is 14.2. The van der Waals surface area contributed by atoms with E-state index in [0.717, 1.165) is 95.9 Å². The van der Waals surface area contributed by atoms with Gasteiger partial charge >= 0.3 is 187 Å². The summed E-state index contributed by atoms with van der Waals surface area (Å²) >= 11 is 24.6. The molecule has 0 saturated carbocycles. The molecule has 519 valence electrons. The average Bonchev–Trinajstić information content (AvgIpc) is 1.07. The maximum Gasteiger partial charge on any atom is 0.276 e. The Morgan fingerprint density at radius 2 is 0.900 bits per heavy atom. The largest absolute Gasteiger partial charge is 0.482 e. The van der Waals surface area contributed by atoms with Gasteiger partial charge in [-0.15, -0.1) is 10.2 Å². The zero-order valence-electron chi connectivity index (χ0n) is 54.6. The van der Waals surface area contributed by atoms with Crippen LogP contribution in [0.15, 0.2) is 121 Å². The molecule has 7 aromatic rings. The molecule has 4 unspecified atom stereocenters. The standard InChI is InChI=1S/C28H26BCl2FN6O4.C27H27Cl2FN6O3.C14H19N3O.B/c1-15(29-41)25(23-19(30)8-9-20(32)24(23)31)42-22-13-21(35-36-26(22)33)27(39)34-17-6-4-16(5-7-17)28(40)38-12-11-37-10-2-3-18(37)14-38;1-15(23-19(28)8-9-20(30)24(23)29)39-22-13-21(33-34-25(22)31)26(37)32-17-6-4-16(5-7-17)27(38)36-12-11-35-10-2-3-18(35)14-36;15-12-5-3-11(4-6-12)14(18)17-9-8-16-7-1-2-13(16)10-17;/h4-9,13,18,25H,1-3,10-12,14H2,(H2,33,36)(H,34,39);4-9,13,15,18H,2-3,10-12,14H2,1H3,(H2,31,34)(H,32,37);3-6,13H,1-2,7-10,15H2;/t;15-,18?;;/m.1../s1. The zero-order chi connectivity index (χ0) is 70.2. The van der Waals surface area contributed by atoms with Crippen molar-refractivity contribution in [3.8, 4) is 11.5 Å². The summed E-state index contributed by atoms with van der Waals surface area (Å²) in [6.45, 7) is 16.1. The van der Waals surface area contributed by atoms with E-state index in [9.17, 15) is 37.5 Å². The van der Waals surface area contributed by atoms with Crippen LogP contribution in [-0.2, 0) is 4.70 Å². The fraction of sp³-hybridized carbons (Fsp3) is 0.348. The number of anilines is 5. The van der Waals surface area contributed by atoms with E-state index >= 15 is 0 Å². The number of benzene rings is 5. The normalized spacial score (nSPS) is 18.6. The second kappa shape index (κ2) is 33.1. The van der Waals surface area contributed by atoms with Gasteiger partial charge in [-0.25, -0.2) is 4.39 Å². The van der Waals surface area contributed by atoms with Crippen LogP contribution in [0.2, 0.25) is 20.1 Å². The Hall–Kier alpha value is -8.82. The van der Waals surface area contributed by atoms with Gasteiger partial charge in [-0.05, 0) is 126 Å². The summed E-state index contributed by atoms with van der Waals surface area (Å²) in [6.07, 6.45) is 4.95. The summed E-state index contributed by atoms with van der Waals surface area (Å²) in [5.74, 6) is -2.90. The van der Waals surface area contributed by atoms with Crippen LogP contribution in [0, 0.1) is 11.6 Å². The number of fused-ring (bicyclic) bond motifs is 3. The molecule has 8 heterocycles. The number of hydrogen-bond acceptors (Lipinski definition) is 18. The minimum absolute atomic E-state index is 0. The fourth-order valence-electron chi connectivity index (χ4n) is 13.1. The molecule has 6 fully saturated rings. The van der Waals surface area contributed by atoms with Crippen molar-refractivity contribution in [1.29, 1.82) is 0 Å². The van der Waals surface area contributed by atoms with Crippen LogP contribution in [-0.4, -0.2) is 192 Å². The smallest absolute Gasteiger partial charge is 0.276 e. The number of carbonyl (C=O) groups is 5. The molecule has 5 atom stereocenters. The molecule has 6 aliphatic rings. The van der Waals surface area contributed by atoms with Crippen molar-refractivity contribution in [1.82, 2.24) is 49.8 Å². The number of nitrogens with zero attached hydrogens (tertiary/aromatic N) is 10. The van der Waals surface area contributed by atoms with Crippen molar-refractivity contribution >= 4 is 120 Å². The van der Waals surface area contributed by atoms with Crippen LogP contribution in [0.5, 0.6) is 11.5 Å². The van der Waals surface area contributed by atoms with Gasteiger partial charge in [0.05, 0.1) is 5.02 Å². The number of hydrogen-bond donors (Lipinski definition) is 5. The van der Waals surface area contributed by atoms with E-state index in [1.807, 2.05) is 26.8 Å². The summed E-state index contributed by atoms with van der Waals surface area (Å²) in [4.78, 5) is 77.4. The van der Waals surface area contributed by atoms with Crippen molar-refractivity contribution < 1.29 is 46.9 Å². The van der Waals surface area contributed by atoms with Gasteiger partial charge < -0.3 is 36.2 Å². The second-order valence-electron chi connectivity index (χ2n) is 24.9. The molecular weight excluding hydrogens is 1370 g/mol. The summed E-state index contributed by atoms with van der Waals surface area (Å²) in [6, 6.07) is 29.3. The predicted molar refractivity (Wildman–Crippen MR) is 381 cm³/mol. The Labute approximate surface area is 599 Å². The number of ether oxygens (including phenoxy) is 2. The number of nitrogens with two attached hydrogens (primary N) is 3. The van der Waals surface area contributed by atoms with E-state index in [-0.39, 0.29) is 97.3 Å². The van der Waals surface area contributed by atoms with Gasteiger partial charge in [-0.2, -0.15) is 0 Å². The average molecular weight is 1440 g/mol. The quantitative estimate of drug-likeness (QED) is 0.0362. The van der Waals surface area contributed by atoms with E-state index in [4.69, 9.17) is 73.1 Å². The fourth-order valence-corrected chi connectivity index (χ4v) is 14.4. The van der Waals surface area contributed by atoms with Crippen LogP contribution in [0.25, 0.3) is 0 Å². The third kappa shape index (κ3) is 17.3. The molecule has 100 heavy (non-hydrogen) atoms. The SMILES string of the molecule is C=C(B=O)C(Oc1cc(C(=O)Nc2ccc(C(=O)N3CCN4CCCC4C3)cc2)nnc1N)c1c(Cl)ccc(F)c1Cl.C[C@@H](Oc1cc(C(=O)Nc2ccc(C(=O)N3CCN4CCCC4C3)cc2)nnc1N)c1c(Cl)ccc(F)c1Cl.Nc1ccc(C(=O)N2CCN3CCCC3C2)cc1.[B]. The van der Waals surface area contributed by atoms with Crippen LogP contribution < -0.4 is 37.3 Å². The van der Waals surface area contributed by atoms with Crippen molar-refractivity contribution in [3.63, 3.8) is 0 Å². The second-order valence-corrected chi connectivity index (χ2v) is 26.4. The topological polar surface area (TPSA) is 294 Å². The Balaban J connectivity index is 0.000000173. The molecule has 8 N–H and O–H groups in total. The summed E-state index contributed by atoms with van der Waals surface area (Å²) in [7, 11) is 0.406. The Morgan fingerprint density at radius 1 is 0.530 bits per heavy atom. The summed E-state index contributed by atoms with van der Waals surface area (Å²) in [5.41, 5.74) is 20.7. The van der Waals surface area contributed by atoms with Crippen LogP contribution in [0.4, 0.5) is 37.5 Å². The van der Waals surface area contributed by atoms with Gasteiger partial charge in [0.2, 0.25) is 0 Å². The Kier molecular flexibility index (Phi) is 24.5. The minimum atomic E-state index is -1.33. The number of nitrogen functional groups attached to an aromatic ring is 3. The molecule has 6 aliphatic heterocycles. The molecule has 0 aliphatic carbocycles. The minimum Gasteiger partial charge on any atom is -0.482 e. The first-order valence-corrected chi connectivity index (χ1v) is 33.9. The molecule has 6 saturated heterocycles. The van der Waals surface area contributed by atoms with Crippen molar-refractivity contribution in [2.24, 2.45) is 0 Å². The van der Waals surface area contributed by atoms with Gasteiger partial charge in [0.25, 0.3) is 23.6 Å². The number of amides is 5. The van der Waals surface area contributed by atoms with Gasteiger partial charge in [-0.1, -0.05) is 23.2 Å². The molecule has 3 radical (unpaired) electrons. The van der Waals surface area contributed by atoms with Crippen LogP contribution in [0.1, 0.15) is 121 Å². The molecular formula is C69H72B2Cl4F2N15O8. The number of rotatable bonds is 15. The third-order valence-electron chi connectivity index (χ3n) is 18.5. The molecule has 0 bridgehead atoms. The predicted octanol–water partition coefficient (Wildman–Crippen LogP) is 9.99. The molecule has 23 nitrogen and oxygen atoms in total. The summed E-state index contributed by atoms with van der Waals surface area (Å²) < 4.78 is 51.4. The molecule has 5 amide bonds. The van der Waals surface area contributed by atoms with Gasteiger partial charge in [-0.3, -0.25) is 33.9 Å². The zero-order valence-corrected chi connectivity index (χ0v) is 57.6. The molecule has 5 aromatic carbocycles. The van der Waals surface area contributed by atoms with Crippen molar-refractivity contribution in [2.45, 2.75) is 75.8 Å². The van der Waals surface area contributed by atoms with E-state index in [0.29, 0.717) is 66.6 Å². The molecule has 0 spiro atoms. The first-order valence-electron chi connectivity index (χ1n) is 32.4. The first kappa shape index (κ1) is 73.9. The first-order chi connectivity index (χ1) is 47.6. The number of aromatic nitrogens is 4.